The summed E-state index contributed by atoms with van der Waals surface area (Å²) in [4.78, 5) is 2.18. The van der Waals surface area contributed by atoms with Gasteiger partial charge in [-0.2, -0.15) is 0 Å². The third kappa shape index (κ3) is 5.61. The van der Waals surface area contributed by atoms with Crippen LogP contribution in [-0.4, -0.2) is 31.6 Å². The van der Waals surface area contributed by atoms with Crippen molar-refractivity contribution in [3.63, 3.8) is 0 Å². The van der Waals surface area contributed by atoms with Crippen molar-refractivity contribution in [2.45, 2.75) is 20.0 Å². The quantitative estimate of drug-likeness (QED) is 0.770. The van der Waals surface area contributed by atoms with Gasteiger partial charge in [-0.15, -0.1) is 0 Å². The second-order valence-corrected chi connectivity index (χ2v) is 5.09. The van der Waals surface area contributed by atoms with Gasteiger partial charge >= 0.3 is 0 Å². The second-order valence-electron chi connectivity index (χ2n) is 5.09. The fourth-order valence-corrected chi connectivity index (χ4v) is 2.08. The summed E-state index contributed by atoms with van der Waals surface area (Å²) >= 11 is 0. The van der Waals surface area contributed by atoms with Gasteiger partial charge < -0.3 is 14.5 Å². The molecule has 0 radical (unpaired) electrons. The Bertz CT molecular complexity index is 511. The molecule has 2 aromatic rings. The predicted octanol–water partition coefficient (Wildman–Crippen LogP) is 2.90. The molecule has 0 aliphatic rings. The highest BCUT2D eigenvalue weighted by Gasteiger charge is 2.03. The number of rotatable bonds is 9. The Morgan fingerprint density at radius 1 is 1.24 bits per heavy atom. The van der Waals surface area contributed by atoms with Crippen molar-refractivity contribution in [1.82, 2.24) is 10.2 Å². The van der Waals surface area contributed by atoms with Crippen LogP contribution in [0.2, 0.25) is 0 Å². The van der Waals surface area contributed by atoms with Crippen LogP contribution in [0.25, 0.3) is 0 Å². The van der Waals surface area contributed by atoms with E-state index in [1.54, 1.807) is 6.26 Å². The number of likely N-dealkylation sites (N-methyl/N-ethyl adjacent to an activating group) is 1. The Hall–Kier alpha value is -1.78. The summed E-state index contributed by atoms with van der Waals surface area (Å²) in [5.41, 5.74) is 1.25. The molecule has 1 heterocycles. The third-order valence-electron chi connectivity index (χ3n) is 3.23. The average molecular weight is 288 g/mol. The van der Waals surface area contributed by atoms with Crippen molar-refractivity contribution < 1.29 is 9.15 Å². The molecular formula is C17H24N2O2. The summed E-state index contributed by atoms with van der Waals surface area (Å²) in [6.07, 6.45) is 1.70. The van der Waals surface area contributed by atoms with Gasteiger partial charge in [0, 0.05) is 13.1 Å². The minimum absolute atomic E-state index is 0.669. The lowest BCUT2D eigenvalue weighted by atomic mass is 10.2. The van der Waals surface area contributed by atoms with E-state index in [1.165, 1.54) is 5.56 Å². The minimum Gasteiger partial charge on any atom is -0.492 e. The van der Waals surface area contributed by atoms with Gasteiger partial charge in [-0.3, -0.25) is 4.90 Å². The van der Waals surface area contributed by atoms with E-state index >= 15 is 0 Å². The summed E-state index contributed by atoms with van der Waals surface area (Å²) in [7, 11) is 2.06. The molecule has 2 rings (SSSR count). The van der Waals surface area contributed by atoms with Gasteiger partial charge in [0.2, 0.25) is 0 Å². The molecule has 0 spiro atoms. The highest BCUT2D eigenvalue weighted by Crippen LogP contribution is 2.13. The van der Waals surface area contributed by atoms with Crippen molar-refractivity contribution in [2.24, 2.45) is 0 Å². The molecule has 0 saturated heterocycles. The highest BCUT2D eigenvalue weighted by atomic mass is 16.5. The number of benzene rings is 1. The number of hydrogen-bond acceptors (Lipinski definition) is 4. The van der Waals surface area contributed by atoms with Gasteiger partial charge in [-0.05, 0) is 43.4 Å². The molecule has 0 atom stereocenters. The molecule has 1 aromatic heterocycles. The van der Waals surface area contributed by atoms with Crippen LogP contribution in [0.15, 0.2) is 47.1 Å². The van der Waals surface area contributed by atoms with Crippen LogP contribution < -0.4 is 10.1 Å². The molecular weight excluding hydrogens is 264 g/mol. The van der Waals surface area contributed by atoms with E-state index in [-0.39, 0.29) is 0 Å². The molecule has 0 saturated carbocycles. The van der Waals surface area contributed by atoms with Gasteiger partial charge in [0.25, 0.3) is 0 Å². The van der Waals surface area contributed by atoms with Crippen LogP contribution in [0.4, 0.5) is 0 Å². The lowest BCUT2D eigenvalue weighted by Gasteiger charge is -2.15. The number of nitrogens with zero attached hydrogens (tertiary/aromatic N) is 1. The van der Waals surface area contributed by atoms with Crippen molar-refractivity contribution in [1.29, 1.82) is 0 Å². The van der Waals surface area contributed by atoms with Crippen LogP contribution in [0.3, 0.4) is 0 Å². The number of ether oxygens (including phenoxy) is 1. The van der Waals surface area contributed by atoms with E-state index in [1.807, 2.05) is 24.3 Å². The maximum Gasteiger partial charge on any atom is 0.119 e. The average Bonchev–Trinajstić information content (AvgIpc) is 2.98. The second kappa shape index (κ2) is 8.49. The van der Waals surface area contributed by atoms with E-state index < -0.39 is 0 Å². The Balaban J connectivity index is 1.72. The molecule has 0 unspecified atom stereocenters. The van der Waals surface area contributed by atoms with Crippen LogP contribution >= 0.6 is 0 Å². The lowest BCUT2D eigenvalue weighted by molar-refractivity contribution is 0.222. The number of hydrogen-bond donors (Lipinski definition) is 1. The maximum atomic E-state index is 5.82. The van der Waals surface area contributed by atoms with Crippen molar-refractivity contribution in [2.75, 3.05) is 26.7 Å². The minimum atomic E-state index is 0.669. The van der Waals surface area contributed by atoms with E-state index in [2.05, 4.69) is 36.3 Å². The zero-order valence-electron chi connectivity index (χ0n) is 12.8. The summed E-state index contributed by atoms with van der Waals surface area (Å²) in [5.74, 6) is 1.90. The van der Waals surface area contributed by atoms with E-state index in [4.69, 9.17) is 9.15 Å². The molecule has 1 aromatic carbocycles. The Morgan fingerprint density at radius 2 is 2.14 bits per heavy atom. The number of nitrogens with one attached hydrogen (secondary N) is 1. The first-order valence-corrected chi connectivity index (χ1v) is 7.41. The summed E-state index contributed by atoms with van der Waals surface area (Å²) in [6, 6.07) is 12.1. The maximum absolute atomic E-state index is 5.82. The van der Waals surface area contributed by atoms with Gasteiger partial charge in [-0.25, -0.2) is 0 Å². The SMILES string of the molecule is CCNCc1cccc(OCCN(C)Cc2ccco2)c1. The van der Waals surface area contributed by atoms with Crippen molar-refractivity contribution in [3.8, 4) is 5.75 Å². The Kier molecular flexibility index (Phi) is 6.31. The standard InChI is InChI=1S/C17H24N2O2/c1-3-18-13-15-6-4-7-16(12-15)21-11-9-19(2)14-17-8-5-10-20-17/h4-8,10,12,18H,3,9,11,13-14H2,1-2H3. The monoisotopic (exact) mass is 288 g/mol. The molecule has 114 valence electrons. The largest absolute Gasteiger partial charge is 0.492 e. The van der Waals surface area contributed by atoms with Gasteiger partial charge in [0.1, 0.15) is 18.1 Å². The summed E-state index contributed by atoms with van der Waals surface area (Å²) in [5, 5.41) is 3.32. The number of furan rings is 1. The smallest absolute Gasteiger partial charge is 0.119 e. The van der Waals surface area contributed by atoms with Gasteiger partial charge in [0.05, 0.1) is 12.8 Å². The lowest BCUT2D eigenvalue weighted by Crippen LogP contribution is -2.23. The van der Waals surface area contributed by atoms with Gasteiger partial charge in [-0.1, -0.05) is 19.1 Å². The molecule has 0 bridgehead atoms. The Morgan fingerprint density at radius 3 is 2.90 bits per heavy atom. The fourth-order valence-electron chi connectivity index (χ4n) is 2.08. The van der Waals surface area contributed by atoms with Gasteiger partial charge in [0.15, 0.2) is 0 Å². The van der Waals surface area contributed by atoms with Crippen LogP contribution in [0, 0.1) is 0 Å². The first-order valence-electron chi connectivity index (χ1n) is 7.41. The molecule has 21 heavy (non-hydrogen) atoms. The molecule has 4 heteroatoms. The van der Waals surface area contributed by atoms with E-state index in [0.29, 0.717) is 6.61 Å². The molecule has 0 fully saturated rings. The van der Waals surface area contributed by atoms with E-state index in [0.717, 1.165) is 37.7 Å². The zero-order valence-corrected chi connectivity index (χ0v) is 12.8. The predicted molar refractivity (Wildman–Crippen MR) is 84.4 cm³/mol. The van der Waals surface area contributed by atoms with Crippen LogP contribution in [-0.2, 0) is 13.1 Å². The molecule has 0 aliphatic carbocycles. The normalized spacial score (nSPS) is 11.0. The topological polar surface area (TPSA) is 37.6 Å². The Labute approximate surface area is 126 Å². The van der Waals surface area contributed by atoms with E-state index in [9.17, 15) is 0 Å². The van der Waals surface area contributed by atoms with Crippen LogP contribution in [0.5, 0.6) is 5.75 Å². The molecule has 1 N–H and O–H groups in total. The molecule has 0 aliphatic heterocycles. The summed E-state index contributed by atoms with van der Waals surface area (Å²) in [6.45, 7) is 6.29. The third-order valence-corrected chi connectivity index (χ3v) is 3.23. The van der Waals surface area contributed by atoms with Crippen molar-refractivity contribution in [3.05, 3.63) is 54.0 Å². The first kappa shape index (κ1) is 15.6. The fraction of sp³-hybridized carbons (Fsp3) is 0.412. The zero-order chi connectivity index (χ0) is 14.9. The van der Waals surface area contributed by atoms with Crippen molar-refractivity contribution >= 4 is 0 Å². The first-order chi connectivity index (χ1) is 10.3. The molecule has 0 amide bonds. The highest BCUT2D eigenvalue weighted by molar-refractivity contribution is 5.28. The summed E-state index contributed by atoms with van der Waals surface area (Å²) < 4.78 is 11.1. The molecule has 4 nitrogen and oxygen atoms in total. The van der Waals surface area contributed by atoms with Crippen LogP contribution in [0.1, 0.15) is 18.2 Å².